The van der Waals surface area contributed by atoms with Crippen LogP contribution in [0.5, 0.6) is 0 Å². The maximum Gasteiger partial charge on any atom is 0.263 e. The van der Waals surface area contributed by atoms with Crippen LogP contribution < -0.4 is 16.0 Å². The summed E-state index contributed by atoms with van der Waals surface area (Å²) in [5.74, 6) is -0.0998. The average molecular weight is 253 g/mol. The number of nitrogen functional groups attached to an aromatic ring is 1. The van der Waals surface area contributed by atoms with Gasteiger partial charge in [0, 0.05) is 20.1 Å². The lowest BCUT2D eigenvalue weighted by molar-refractivity contribution is 0.0968. The highest BCUT2D eigenvalue weighted by molar-refractivity contribution is 7.18. The van der Waals surface area contributed by atoms with Gasteiger partial charge in [-0.3, -0.25) is 4.79 Å². The zero-order chi connectivity index (χ0) is 12.6. The second-order valence-electron chi connectivity index (χ2n) is 5.28. The molecule has 0 radical (unpaired) electrons. The van der Waals surface area contributed by atoms with Crippen LogP contribution in [0, 0.1) is 5.41 Å². The number of hydrogen-bond donors (Lipinski definition) is 2. The molecule has 94 valence electrons. The molecular weight excluding hydrogens is 234 g/mol. The van der Waals surface area contributed by atoms with Crippen molar-refractivity contribution in [1.82, 2.24) is 5.32 Å². The van der Waals surface area contributed by atoms with Gasteiger partial charge < -0.3 is 16.0 Å². The Bertz CT molecular complexity index is 439. The number of carbonyl (C=O) groups is 1. The van der Waals surface area contributed by atoms with Crippen LogP contribution in [0.25, 0.3) is 0 Å². The Labute approximate surface area is 106 Å². The highest BCUT2D eigenvalue weighted by Gasteiger charge is 2.30. The van der Waals surface area contributed by atoms with Crippen molar-refractivity contribution in [3.63, 3.8) is 0 Å². The molecule has 1 amide bonds. The van der Waals surface area contributed by atoms with E-state index in [-0.39, 0.29) is 5.91 Å². The van der Waals surface area contributed by atoms with E-state index in [4.69, 9.17) is 5.73 Å². The van der Waals surface area contributed by atoms with Gasteiger partial charge in [0.2, 0.25) is 0 Å². The molecule has 5 heteroatoms. The van der Waals surface area contributed by atoms with E-state index >= 15 is 0 Å². The van der Waals surface area contributed by atoms with Crippen molar-refractivity contribution in [2.75, 3.05) is 30.8 Å². The zero-order valence-corrected chi connectivity index (χ0v) is 11.4. The number of rotatable bonds is 2. The molecule has 0 aromatic carbocycles. The topological polar surface area (TPSA) is 58.4 Å². The normalized spacial score (nSPS) is 18.4. The summed E-state index contributed by atoms with van der Waals surface area (Å²) in [6, 6.07) is 1.91. The Kier molecular flexibility index (Phi) is 3.03. The van der Waals surface area contributed by atoms with Crippen LogP contribution in [0.3, 0.4) is 0 Å². The Morgan fingerprint density at radius 2 is 2.29 bits per heavy atom. The lowest BCUT2D eigenvalue weighted by atomic mass is 9.93. The molecule has 0 saturated carbocycles. The predicted molar refractivity (Wildman–Crippen MR) is 72.7 cm³/mol. The van der Waals surface area contributed by atoms with Crippen molar-refractivity contribution in [2.24, 2.45) is 5.41 Å². The van der Waals surface area contributed by atoms with Gasteiger partial charge in [-0.15, -0.1) is 11.3 Å². The number of anilines is 2. The van der Waals surface area contributed by atoms with Gasteiger partial charge in [-0.25, -0.2) is 0 Å². The third-order valence-electron chi connectivity index (χ3n) is 3.17. The molecule has 1 aliphatic heterocycles. The highest BCUT2D eigenvalue weighted by Crippen LogP contribution is 2.38. The Hall–Kier alpha value is -1.23. The number of nitrogens with one attached hydrogen (secondary N) is 1. The van der Waals surface area contributed by atoms with Crippen LogP contribution in [0.15, 0.2) is 6.07 Å². The highest BCUT2D eigenvalue weighted by atomic mass is 32.1. The molecule has 1 aliphatic rings. The van der Waals surface area contributed by atoms with Gasteiger partial charge in [-0.2, -0.15) is 0 Å². The van der Waals surface area contributed by atoms with Gasteiger partial charge >= 0.3 is 0 Å². The second-order valence-corrected chi connectivity index (χ2v) is 6.31. The summed E-state index contributed by atoms with van der Waals surface area (Å²) in [6.07, 6.45) is 1.18. The van der Waals surface area contributed by atoms with E-state index in [9.17, 15) is 4.79 Å². The van der Waals surface area contributed by atoms with Crippen molar-refractivity contribution in [3.8, 4) is 0 Å². The van der Waals surface area contributed by atoms with Crippen molar-refractivity contribution in [1.29, 1.82) is 0 Å². The molecule has 1 aromatic heterocycles. The number of carbonyl (C=O) groups excluding carboxylic acids is 1. The first kappa shape index (κ1) is 12.2. The van der Waals surface area contributed by atoms with Gasteiger partial charge in [0.25, 0.3) is 5.91 Å². The molecule has 1 fully saturated rings. The number of nitrogens with two attached hydrogens (primary N) is 1. The molecule has 4 nitrogen and oxygen atoms in total. The largest absolute Gasteiger partial charge is 0.397 e. The van der Waals surface area contributed by atoms with E-state index in [1.54, 1.807) is 7.05 Å². The summed E-state index contributed by atoms with van der Waals surface area (Å²) < 4.78 is 0. The first-order chi connectivity index (χ1) is 7.93. The minimum absolute atomic E-state index is 0.0998. The van der Waals surface area contributed by atoms with Crippen LogP contribution in [-0.2, 0) is 0 Å². The Balaban J connectivity index is 2.21. The van der Waals surface area contributed by atoms with Crippen LogP contribution in [0.2, 0.25) is 0 Å². The minimum atomic E-state index is -0.0998. The van der Waals surface area contributed by atoms with Gasteiger partial charge in [-0.05, 0) is 17.9 Å². The lowest BCUT2D eigenvalue weighted by Gasteiger charge is -2.19. The smallest absolute Gasteiger partial charge is 0.263 e. The molecule has 1 aromatic rings. The fourth-order valence-corrected chi connectivity index (χ4v) is 3.19. The van der Waals surface area contributed by atoms with E-state index in [0.717, 1.165) is 18.1 Å². The quantitative estimate of drug-likeness (QED) is 0.846. The summed E-state index contributed by atoms with van der Waals surface area (Å²) >= 11 is 1.48. The van der Waals surface area contributed by atoms with Gasteiger partial charge in [-0.1, -0.05) is 13.8 Å². The maximum absolute atomic E-state index is 11.6. The van der Waals surface area contributed by atoms with Crippen molar-refractivity contribution >= 4 is 27.9 Å². The van der Waals surface area contributed by atoms with Gasteiger partial charge in [0.1, 0.15) is 4.88 Å². The second kappa shape index (κ2) is 4.22. The molecule has 0 aliphatic carbocycles. The van der Waals surface area contributed by atoms with Crippen LogP contribution in [0.4, 0.5) is 10.7 Å². The summed E-state index contributed by atoms with van der Waals surface area (Å²) in [5.41, 5.74) is 6.81. The zero-order valence-electron chi connectivity index (χ0n) is 10.5. The summed E-state index contributed by atoms with van der Waals surface area (Å²) in [7, 11) is 1.63. The molecule has 0 bridgehead atoms. The summed E-state index contributed by atoms with van der Waals surface area (Å²) in [4.78, 5) is 14.5. The van der Waals surface area contributed by atoms with E-state index in [1.165, 1.54) is 17.8 Å². The number of amides is 1. The summed E-state index contributed by atoms with van der Waals surface area (Å²) in [5, 5.41) is 3.72. The predicted octanol–water partition coefficient (Wildman–Crippen LogP) is 1.93. The molecule has 1 saturated heterocycles. The van der Waals surface area contributed by atoms with Crippen LogP contribution >= 0.6 is 11.3 Å². The van der Waals surface area contributed by atoms with Crippen LogP contribution in [-0.4, -0.2) is 26.0 Å². The Morgan fingerprint density at radius 3 is 2.82 bits per heavy atom. The van der Waals surface area contributed by atoms with E-state index < -0.39 is 0 Å². The van der Waals surface area contributed by atoms with E-state index in [2.05, 4.69) is 24.1 Å². The monoisotopic (exact) mass is 253 g/mol. The molecule has 17 heavy (non-hydrogen) atoms. The van der Waals surface area contributed by atoms with Gasteiger partial charge in [0.05, 0.1) is 10.7 Å². The SMILES string of the molecule is CNC(=O)c1sc(N2CCC(C)(C)C2)cc1N. The number of hydrogen-bond acceptors (Lipinski definition) is 4. The summed E-state index contributed by atoms with van der Waals surface area (Å²) in [6.45, 7) is 6.60. The molecular formula is C12H19N3OS. The first-order valence-electron chi connectivity index (χ1n) is 5.79. The molecule has 3 N–H and O–H groups in total. The van der Waals surface area contributed by atoms with Crippen LogP contribution in [0.1, 0.15) is 29.9 Å². The van der Waals surface area contributed by atoms with Crippen molar-refractivity contribution in [2.45, 2.75) is 20.3 Å². The molecule has 2 rings (SSSR count). The third-order valence-corrected chi connectivity index (χ3v) is 4.38. The number of nitrogens with zero attached hydrogens (tertiary/aromatic N) is 1. The molecule has 0 atom stereocenters. The first-order valence-corrected chi connectivity index (χ1v) is 6.61. The van der Waals surface area contributed by atoms with Gasteiger partial charge in [0.15, 0.2) is 0 Å². The average Bonchev–Trinajstić information content (AvgIpc) is 2.80. The maximum atomic E-state index is 11.6. The minimum Gasteiger partial charge on any atom is -0.397 e. The Morgan fingerprint density at radius 1 is 1.59 bits per heavy atom. The standard InChI is InChI=1S/C12H19N3OS/c1-12(2)4-5-15(7-12)9-6-8(13)10(17-9)11(16)14-3/h6H,4-5,7,13H2,1-3H3,(H,14,16). The van der Waals surface area contributed by atoms with E-state index in [1.807, 2.05) is 6.07 Å². The van der Waals surface area contributed by atoms with E-state index in [0.29, 0.717) is 16.0 Å². The molecule has 0 spiro atoms. The van der Waals surface area contributed by atoms with Crippen molar-refractivity contribution in [3.05, 3.63) is 10.9 Å². The number of thiophene rings is 1. The molecule has 0 unspecified atom stereocenters. The fraction of sp³-hybridized carbons (Fsp3) is 0.583. The third kappa shape index (κ3) is 2.39. The van der Waals surface area contributed by atoms with Crippen molar-refractivity contribution < 1.29 is 4.79 Å². The lowest BCUT2D eigenvalue weighted by Crippen LogP contribution is -2.21. The fourth-order valence-electron chi connectivity index (χ4n) is 2.14. The molecule has 2 heterocycles.